The number of fused-ring (bicyclic) bond motifs is 1. The Bertz CT molecular complexity index is 720. The molecule has 3 heterocycles. The monoisotopic (exact) mass is 380 g/mol. The van der Waals surface area contributed by atoms with Crippen LogP contribution in [0.15, 0.2) is 35.1 Å². The van der Waals surface area contributed by atoms with Gasteiger partial charge in [0, 0.05) is 23.8 Å². The van der Waals surface area contributed by atoms with Crippen LogP contribution in [0.1, 0.15) is 32.4 Å². The third-order valence-corrected chi connectivity index (χ3v) is 4.34. The maximum Gasteiger partial charge on any atom is 0.410 e. The summed E-state index contributed by atoms with van der Waals surface area (Å²) in [5.41, 5.74) is 1.66. The summed E-state index contributed by atoms with van der Waals surface area (Å²) in [6.45, 7) is 7.20. The normalized spacial score (nSPS) is 19.1. The third-order valence-electron chi connectivity index (χ3n) is 3.69. The van der Waals surface area contributed by atoms with E-state index in [1.54, 1.807) is 4.90 Å². The Kier molecular flexibility index (Phi) is 4.38. The number of carbonyl (C=O) groups is 1. The van der Waals surface area contributed by atoms with E-state index in [2.05, 4.69) is 26.4 Å². The average molecular weight is 381 g/mol. The van der Waals surface area contributed by atoms with Crippen LogP contribution in [0.3, 0.4) is 0 Å². The van der Waals surface area contributed by atoms with Gasteiger partial charge in [-0.25, -0.2) is 4.79 Å². The Morgan fingerprint density at radius 2 is 2.17 bits per heavy atom. The Morgan fingerprint density at radius 3 is 2.87 bits per heavy atom. The van der Waals surface area contributed by atoms with Gasteiger partial charge in [0.25, 0.3) is 0 Å². The zero-order valence-electron chi connectivity index (χ0n) is 13.6. The maximum atomic E-state index is 12.3. The second-order valence-corrected chi connectivity index (χ2v) is 7.52. The van der Waals surface area contributed by atoms with E-state index >= 15 is 0 Å². The Morgan fingerprint density at radius 1 is 1.39 bits per heavy atom. The summed E-state index contributed by atoms with van der Waals surface area (Å²) >= 11 is 3.54. The van der Waals surface area contributed by atoms with E-state index in [4.69, 9.17) is 9.47 Å². The number of hydrogen-bond acceptors (Lipinski definition) is 3. The number of nitrogens with zero attached hydrogens (tertiary/aromatic N) is 2. The first-order chi connectivity index (χ1) is 10.8. The summed E-state index contributed by atoms with van der Waals surface area (Å²) < 4.78 is 14.4. The summed E-state index contributed by atoms with van der Waals surface area (Å²) in [4.78, 5) is 14.0. The average Bonchev–Trinajstić information content (AvgIpc) is 2.91. The van der Waals surface area contributed by atoms with Crippen LogP contribution in [0.25, 0.3) is 5.52 Å². The minimum absolute atomic E-state index is 0.136. The standard InChI is InChI=1S/C17H21BrN2O3/c1-17(2,3)23-16(21)19-7-8-22-14(11-19)12-9-13-5-4-6-15(18)20(13)10-12/h4-6,9-10,14H,7-8,11H2,1-3H3. The van der Waals surface area contributed by atoms with Crippen molar-refractivity contribution in [3.8, 4) is 0 Å². The lowest BCUT2D eigenvalue weighted by Crippen LogP contribution is -2.44. The predicted molar refractivity (Wildman–Crippen MR) is 91.6 cm³/mol. The van der Waals surface area contributed by atoms with Gasteiger partial charge in [-0.2, -0.15) is 0 Å². The highest BCUT2D eigenvalue weighted by molar-refractivity contribution is 9.10. The van der Waals surface area contributed by atoms with Crippen LogP contribution in [-0.2, 0) is 9.47 Å². The van der Waals surface area contributed by atoms with Crippen molar-refractivity contribution in [3.63, 3.8) is 0 Å². The van der Waals surface area contributed by atoms with E-state index in [1.165, 1.54) is 0 Å². The van der Waals surface area contributed by atoms with Gasteiger partial charge < -0.3 is 18.8 Å². The van der Waals surface area contributed by atoms with Gasteiger partial charge in [0.1, 0.15) is 11.7 Å². The largest absolute Gasteiger partial charge is 0.444 e. The number of pyridine rings is 1. The van der Waals surface area contributed by atoms with Crippen LogP contribution < -0.4 is 0 Å². The third kappa shape index (κ3) is 3.70. The van der Waals surface area contributed by atoms with Gasteiger partial charge in [-0.05, 0) is 54.9 Å². The van der Waals surface area contributed by atoms with Crippen molar-refractivity contribution in [2.45, 2.75) is 32.5 Å². The van der Waals surface area contributed by atoms with Crippen LogP contribution in [0.4, 0.5) is 4.79 Å². The fourth-order valence-electron chi connectivity index (χ4n) is 2.64. The summed E-state index contributed by atoms with van der Waals surface area (Å²) in [7, 11) is 0. The highest BCUT2D eigenvalue weighted by Gasteiger charge is 2.29. The molecule has 1 saturated heterocycles. The minimum Gasteiger partial charge on any atom is -0.444 e. The minimum atomic E-state index is -0.486. The maximum absolute atomic E-state index is 12.3. The molecule has 1 atom stereocenters. The van der Waals surface area contributed by atoms with Crippen molar-refractivity contribution in [2.75, 3.05) is 19.7 Å². The lowest BCUT2D eigenvalue weighted by atomic mass is 10.1. The molecule has 0 radical (unpaired) electrons. The van der Waals surface area contributed by atoms with Gasteiger partial charge in [0.15, 0.2) is 0 Å². The molecule has 0 N–H and O–H groups in total. The molecule has 2 aromatic rings. The number of carbonyl (C=O) groups excluding carboxylic acids is 1. The highest BCUT2D eigenvalue weighted by Crippen LogP contribution is 2.27. The van der Waals surface area contributed by atoms with Gasteiger partial charge >= 0.3 is 6.09 Å². The van der Waals surface area contributed by atoms with Crippen molar-refractivity contribution in [1.29, 1.82) is 0 Å². The molecule has 6 heteroatoms. The van der Waals surface area contributed by atoms with Gasteiger partial charge in [-0.15, -0.1) is 0 Å². The summed E-state index contributed by atoms with van der Waals surface area (Å²) in [5.74, 6) is 0. The fraction of sp³-hybridized carbons (Fsp3) is 0.471. The van der Waals surface area contributed by atoms with Crippen LogP contribution in [0, 0.1) is 0 Å². The molecule has 0 aromatic carbocycles. The lowest BCUT2D eigenvalue weighted by Gasteiger charge is -2.34. The molecule has 1 unspecified atom stereocenters. The smallest absolute Gasteiger partial charge is 0.410 e. The molecule has 124 valence electrons. The first-order valence-corrected chi connectivity index (χ1v) is 8.49. The summed E-state index contributed by atoms with van der Waals surface area (Å²) in [6.07, 6.45) is 1.63. The van der Waals surface area contributed by atoms with Crippen LogP contribution in [-0.4, -0.2) is 40.7 Å². The predicted octanol–water partition coefficient (Wildman–Crippen LogP) is 4.01. The topological polar surface area (TPSA) is 43.2 Å². The van der Waals surface area contributed by atoms with E-state index in [1.807, 2.05) is 45.2 Å². The van der Waals surface area contributed by atoms with E-state index in [-0.39, 0.29) is 12.2 Å². The zero-order valence-corrected chi connectivity index (χ0v) is 15.2. The lowest BCUT2D eigenvalue weighted by molar-refractivity contribution is -0.0432. The number of halogens is 1. The molecule has 0 spiro atoms. The van der Waals surface area contributed by atoms with Crippen molar-refractivity contribution >= 4 is 27.5 Å². The highest BCUT2D eigenvalue weighted by atomic mass is 79.9. The van der Waals surface area contributed by atoms with Gasteiger partial charge in [-0.3, -0.25) is 0 Å². The van der Waals surface area contributed by atoms with Crippen molar-refractivity contribution < 1.29 is 14.3 Å². The van der Waals surface area contributed by atoms with Crippen LogP contribution >= 0.6 is 15.9 Å². The first-order valence-electron chi connectivity index (χ1n) is 7.69. The van der Waals surface area contributed by atoms with E-state index in [0.717, 1.165) is 15.7 Å². The van der Waals surface area contributed by atoms with Crippen molar-refractivity contribution in [3.05, 3.63) is 40.6 Å². The molecule has 5 nitrogen and oxygen atoms in total. The molecule has 2 aromatic heterocycles. The number of hydrogen-bond donors (Lipinski definition) is 0. The van der Waals surface area contributed by atoms with Crippen molar-refractivity contribution in [2.24, 2.45) is 0 Å². The first kappa shape index (κ1) is 16.3. The number of amides is 1. The fourth-order valence-corrected chi connectivity index (χ4v) is 3.10. The van der Waals surface area contributed by atoms with Crippen molar-refractivity contribution in [1.82, 2.24) is 9.30 Å². The van der Waals surface area contributed by atoms with Gasteiger partial charge in [0.05, 0.1) is 17.8 Å². The Balaban J connectivity index is 1.77. The molecule has 1 aliphatic heterocycles. The van der Waals surface area contributed by atoms with E-state index in [0.29, 0.717) is 19.7 Å². The SMILES string of the molecule is CC(C)(C)OC(=O)N1CCOC(c2cc3cccc(Br)n3c2)C1. The molecule has 3 rings (SSSR count). The molecular formula is C17H21BrN2O3. The molecule has 1 fully saturated rings. The summed E-state index contributed by atoms with van der Waals surface area (Å²) in [6, 6.07) is 8.13. The second kappa shape index (κ2) is 6.17. The molecule has 1 aliphatic rings. The Hall–Kier alpha value is -1.53. The number of ether oxygens (including phenoxy) is 2. The zero-order chi connectivity index (χ0) is 16.6. The molecule has 0 aliphatic carbocycles. The van der Waals surface area contributed by atoms with E-state index < -0.39 is 5.60 Å². The molecule has 23 heavy (non-hydrogen) atoms. The van der Waals surface area contributed by atoms with E-state index in [9.17, 15) is 4.79 Å². The molecule has 1 amide bonds. The number of morpholine rings is 1. The Labute approximate surface area is 144 Å². The number of aromatic nitrogens is 1. The van der Waals surface area contributed by atoms with Crippen LogP contribution in [0.5, 0.6) is 0 Å². The molecule has 0 saturated carbocycles. The molecule has 0 bridgehead atoms. The van der Waals surface area contributed by atoms with Gasteiger partial charge in [-0.1, -0.05) is 6.07 Å². The summed E-state index contributed by atoms with van der Waals surface area (Å²) in [5, 5.41) is 0. The number of rotatable bonds is 1. The second-order valence-electron chi connectivity index (χ2n) is 6.70. The van der Waals surface area contributed by atoms with Gasteiger partial charge in [0.2, 0.25) is 0 Å². The van der Waals surface area contributed by atoms with Crippen LogP contribution in [0.2, 0.25) is 0 Å². The molecular weight excluding hydrogens is 360 g/mol. The quantitative estimate of drug-likeness (QED) is 0.701.